The summed E-state index contributed by atoms with van der Waals surface area (Å²) in [6.07, 6.45) is 3.43. The summed E-state index contributed by atoms with van der Waals surface area (Å²) in [5, 5.41) is 3.27. The SMILES string of the molecule is C=Cn1c(N2CCCC(N)C2)nc2c1c(=O)n(CC1=NCc3ccccc3N1)c(=O)n2-c1ccccc1. The third-order valence-electron chi connectivity index (χ3n) is 6.94. The molecule has 2 aromatic heterocycles. The normalized spacial score (nSPS) is 17.3. The molecule has 1 saturated heterocycles. The average molecular weight is 497 g/mol. The fourth-order valence-corrected chi connectivity index (χ4v) is 5.12. The van der Waals surface area contributed by atoms with Gasteiger partial charge in [0.15, 0.2) is 11.2 Å². The van der Waals surface area contributed by atoms with Crippen molar-refractivity contribution < 1.29 is 0 Å². The number of fused-ring (bicyclic) bond motifs is 2. The molecule has 6 rings (SSSR count). The lowest BCUT2D eigenvalue weighted by molar-refractivity contribution is 0.499. The van der Waals surface area contributed by atoms with Crippen LogP contribution in [0.15, 0.2) is 75.8 Å². The van der Waals surface area contributed by atoms with Gasteiger partial charge in [-0.25, -0.2) is 9.36 Å². The standard InChI is InChI=1S/C27H28N8O2/c1-2-33-23-24(31-26(33)32-14-8-10-19(28)16-32)35(20-11-4-3-5-12-20)27(37)34(25(23)36)17-22-29-15-18-9-6-7-13-21(18)30-22/h2-7,9,11-13,19H,1,8,10,14-17,28H2,(H,29,30). The van der Waals surface area contributed by atoms with Crippen molar-refractivity contribution in [2.24, 2.45) is 10.7 Å². The summed E-state index contributed by atoms with van der Waals surface area (Å²) in [6.45, 7) is 5.81. The minimum atomic E-state index is -0.484. The molecule has 0 amide bonds. The summed E-state index contributed by atoms with van der Waals surface area (Å²) in [4.78, 5) is 39.3. The summed E-state index contributed by atoms with van der Waals surface area (Å²) in [6, 6.07) is 17.1. The number of anilines is 2. The molecule has 2 aromatic carbocycles. The second-order valence-electron chi connectivity index (χ2n) is 9.37. The minimum absolute atomic E-state index is 0.00101. The maximum Gasteiger partial charge on any atom is 0.337 e. The molecule has 4 aromatic rings. The first-order valence-corrected chi connectivity index (χ1v) is 12.4. The van der Waals surface area contributed by atoms with Gasteiger partial charge in [-0.15, -0.1) is 0 Å². The lowest BCUT2D eigenvalue weighted by Crippen LogP contribution is -2.44. The summed E-state index contributed by atoms with van der Waals surface area (Å²) < 4.78 is 4.38. The van der Waals surface area contributed by atoms with Gasteiger partial charge in [-0.1, -0.05) is 43.0 Å². The van der Waals surface area contributed by atoms with E-state index in [0.29, 0.717) is 30.6 Å². The van der Waals surface area contributed by atoms with E-state index in [1.807, 2.05) is 54.6 Å². The van der Waals surface area contributed by atoms with E-state index in [1.165, 1.54) is 9.13 Å². The first-order valence-electron chi connectivity index (χ1n) is 12.4. The van der Waals surface area contributed by atoms with E-state index in [1.54, 1.807) is 10.8 Å². The second-order valence-corrected chi connectivity index (χ2v) is 9.37. The van der Waals surface area contributed by atoms with Gasteiger partial charge in [0.25, 0.3) is 5.56 Å². The van der Waals surface area contributed by atoms with Crippen LogP contribution in [0.2, 0.25) is 0 Å². The molecule has 37 heavy (non-hydrogen) atoms. The Balaban J connectivity index is 1.55. The van der Waals surface area contributed by atoms with Crippen molar-refractivity contribution in [1.29, 1.82) is 0 Å². The number of benzene rings is 2. The number of piperidine rings is 1. The van der Waals surface area contributed by atoms with Gasteiger partial charge >= 0.3 is 5.69 Å². The van der Waals surface area contributed by atoms with Gasteiger partial charge in [-0.3, -0.25) is 18.9 Å². The zero-order valence-electron chi connectivity index (χ0n) is 20.4. The fourth-order valence-electron chi connectivity index (χ4n) is 5.12. The van der Waals surface area contributed by atoms with Crippen LogP contribution in [0.5, 0.6) is 0 Å². The number of para-hydroxylation sites is 2. The zero-order chi connectivity index (χ0) is 25.5. The Bertz CT molecular complexity index is 1650. The molecule has 1 atom stereocenters. The Morgan fingerprint density at radius 1 is 1.11 bits per heavy atom. The highest BCUT2D eigenvalue weighted by atomic mass is 16.2. The lowest BCUT2D eigenvalue weighted by atomic mass is 10.1. The van der Waals surface area contributed by atoms with E-state index in [2.05, 4.69) is 21.8 Å². The van der Waals surface area contributed by atoms with E-state index in [9.17, 15) is 9.59 Å². The number of nitrogens with zero attached hydrogens (tertiary/aromatic N) is 6. The fraction of sp³-hybridized carbons (Fsp3) is 0.259. The van der Waals surface area contributed by atoms with E-state index >= 15 is 0 Å². The van der Waals surface area contributed by atoms with Gasteiger partial charge < -0.3 is 16.0 Å². The molecular formula is C27H28N8O2. The predicted molar refractivity (Wildman–Crippen MR) is 147 cm³/mol. The molecule has 1 unspecified atom stereocenters. The van der Waals surface area contributed by atoms with Gasteiger partial charge in [0.2, 0.25) is 5.95 Å². The molecule has 4 heterocycles. The number of nitrogens with one attached hydrogen (secondary N) is 1. The molecule has 2 aliphatic heterocycles. The number of hydrogen-bond donors (Lipinski definition) is 2. The van der Waals surface area contributed by atoms with Crippen molar-refractivity contribution in [3.63, 3.8) is 0 Å². The highest BCUT2D eigenvalue weighted by molar-refractivity contribution is 5.97. The summed E-state index contributed by atoms with van der Waals surface area (Å²) >= 11 is 0. The summed E-state index contributed by atoms with van der Waals surface area (Å²) in [7, 11) is 0. The number of rotatable bonds is 5. The number of aromatic nitrogens is 4. The lowest BCUT2D eigenvalue weighted by Gasteiger charge is -2.31. The third-order valence-corrected chi connectivity index (χ3v) is 6.94. The van der Waals surface area contributed by atoms with Crippen LogP contribution in [0, 0.1) is 0 Å². The molecule has 2 aliphatic rings. The molecule has 1 fully saturated rings. The Labute approximate surface area is 213 Å². The van der Waals surface area contributed by atoms with Crippen molar-refractivity contribution in [2.45, 2.75) is 32.0 Å². The Morgan fingerprint density at radius 2 is 1.89 bits per heavy atom. The molecule has 10 heteroatoms. The summed E-state index contributed by atoms with van der Waals surface area (Å²) in [5.41, 5.74) is 8.47. The number of hydrogen-bond acceptors (Lipinski definition) is 7. The Kier molecular flexibility index (Phi) is 5.72. The van der Waals surface area contributed by atoms with Crippen LogP contribution in [0.1, 0.15) is 18.4 Å². The molecule has 3 N–H and O–H groups in total. The predicted octanol–water partition coefficient (Wildman–Crippen LogP) is 2.40. The molecule has 10 nitrogen and oxygen atoms in total. The van der Waals surface area contributed by atoms with Crippen LogP contribution in [-0.2, 0) is 13.1 Å². The molecule has 0 spiro atoms. The van der Waals surface area contributed by atoms with Crippen molar-refractivity contribution in [3.8, 4) is 5.69 Å². The highest BCUT2D eigenvalue weighted by Crippen LogP contribution is 2.25. The smallest absolute Gasteiger partial charge is 0.337 e. The molecule has 188 valence electrons. The topological polar surface area (TPSA) is 115 Å². The molecule has 0 aliphatic carbocycles. The first kappa shape index (κ1) is 23.0. The monoisotopic (exact) mass is 496 g/mol. The van der Waals surface area contributed by atoms with Gasteiger partial charge in [0.05, 0.1) is 18.8 Å². The van der Waals surface area contributed by atoms with E-state index in [4.69, 9.17) is 10.7 Å². The van der Waals surface area contributed by atoms with E-state index < -0.39 is 11.2 Å². The van der Waals surface area contributed by atoms with Crippen molar-refractivity contribution in [3.05, 3.63) is 87.6 Å². The number of amidine groups is 1. The van der Waals surface area contributed by atoms with Crippen LogP contribution in [0.4, 0.5) is 11.6 Å². The van der Waals surface area contributed by atoms with Gasteiger partial charge in [-0.2, -0.15) is 4.98 Å². The number of nitrogens with two attached hydrogens (primary N) is 1. The third kappa shape index (κ3) is 3.95. The molecule has 0 saturated carbocycles. The Morgan fingerprint density at radius 3 is 2.68 bits per heavy atom. The molecule has 0 bridgehead atoms. The molecular weight excluding hydrogens is 468 g/mol. The highest BCUT2D eigenvalue weighted by Gasteiger charge is 2.27. The van der Waals surface area contributed by atoms with Gasteiger partial charge in [0, 0.05) is 31.0 Å². The van der Waals surface area contributed by atoms with Crippen LogP contribution < -0.4 is 27.2 Å². The largest absolute Gasteiger partial charge is 0.342 e. The quantitative estimate of drug-likeness (QED) is 0.438. The van der Waals surface area contributed by atoms with Gasteiger partial charge in [-0.05, 0) is 36.6 Å². The van der Waals surface area contributed by atoms with Crippen molar-refractivity contribution in [2.75, 3.05) is 23.3 Å². The first-order chi connectivity index (χ1) is 18.0. The maximum absolute atomic E-state index is 13.9. The second kappa shape index (κ2) is 9.21. The zero-order valence-corrected chi connectivity index (χ0v) is 20.4. The van der Waals surface area contributed by atoms with Crippen LogP contribution in [-0.4, -0.2) is 43.7 Å². The number of aliphatic imine (C=N–C) groups is 1. The van der Waals surface area contributed by atoms with Crippen molar-refractivity contribution >= 4 is 34.8 Å². The van der Waals surface area contributed by atoms with Crippen LogP contribution in [0.25, 0.3) is 23.1 Å². The summed E-state index contributed by atoms with van der Waals surface area (Å²) in [5.74, 6) is 1.10. The van der Waals surface area contributed by atoms with Gasteiger partial charge in [0.1, 0.15) is 5.84 Å². The van der Waals surface area contributed by atoms with E-state index in [-0.39, 0.29) is 23.8 Å². The van der Waals surface area contributed by atoms with Crippen LogP contribution in [0.3, 0.4) is 0 Å². The Hall–Kier alpha value is -4.44. The van der Waals surface area contributed by atoms with Crippen LogP contribution >= 0.6 is 0 Å². The molecule has 0 radical (unpaired) electrons. The number of imidazole rings is 1. The maximum atomic E-state index is 13.9. The minimum Gasteiger partial charge on any atom is -0.342 e. The average Bonchev–Trinajstić information content (AvgIpc) is 3.31. The van der Waals surface area contributed by atoms with E-state index in [0.717, 1.165) is 30.6 Å². The van der Waals surface area contributed by atoms with Crippen molar-refractivity contribution in [1.82, 2.24) is 18.7 Å².